The lowest BCUT2D eigenvalue weighted by molar-refractivity contribution is -0.121. The Bertz CT molecular complexity index is 1480. The van der Waals surface area contributed by atoms with Crippen molar-refractivity contribution in [3.05, 3.63) is 89.9 Å². The molecule has 1 N–H and O–H groups in total. The number of halogens is 1. The molecule has 0 radical (unpaired) electrons. The predicted molar refractivity (Wildman–Crippen MR) is 158 cm³/mol. The third-order valence-corrected chi connectivity index (χ3v) is 7.36. The van der Waals surface area contributed by atoms with Gasteiger partial charge in [-0.15, -0.1) is 0 Å². The topological polar surface area (TPSA) is 97.6 Å². The normalized spacial score (nSPS) is 15.4. The van der Waals surface area contributed by atoms with E-state index in [9.17, 15) is 9.18 Å². The molecule has 5 rings (SSSR count). The molecule has 1 aliphatic heterocycles. The van der Waals surface area contributed by atoms with Gasteiger partial charge >= 0.3 is 0 Å². The summed E-state index contributed by atoms with van der Waals surface area (Å²) in [6.45, 7) is 5.02. The van der Waals surface area contributed by atoms with Gasteiger partial charge in [-0.05, 0) is 48.7 Å². The highest BCUT2D eigenvalue weighted by atomic mass is 19.1. The lowest BCUT2D eigenvalue weighted by Crippen LogP contribution is -2.54. The molecule has 0 saturated carbocycles. The van der Waals surface area contributed by atoms with E-state index in [2.05, 4.69) is 25.1 Å². The number of imidazole rings is 1. The molecule has 2 aromatic heterocycles. The number of ether oxygens (including phenoxy) is 2. The van der Waals surface area contributed by atoms with Crippen LogP contribution in [0.25, 0.3) is 5.95 Å². The Morgan fingerprint density at radius 1 is 1.05 bits per heavy atom. The molecule has 1 saturated heterocycles. The van der Waals surface area contributed by atoms with Crippen LogP contribution in [-0.4, -0.2) is 76.8 Å². The summed E-state index contributed by atoms with van der Waals surface area (Å²) < 4.78 is 26.4. The molecule has 0 bridgehead atoms. The Morgan fingerprint density at radius 2 is 1.86 bits per heavy atom. The first kappa shape index (κ1) is 29.0. The van der Waals surface area contributed by atoms with E-state index in [1.807, 2.05) is 43.3 Å². The maximum Gasteiger partial charge on any atom is 0.237 e. The minimum Gasteiger partial charge on any atom is -0.497 e. The summed E-state index contributed by atoms with van der Waals surface area (Å²) in [6, 6.07) is 14.7. The van der Waals surface area contributed by atoms with Gasteiger partial charge in [-0.25, -0.2) is 14.4 Å². The van der Waals surface area contributed by atoms with Crippen LogP contribution in [0.1, 0.15) is 23.2 Å². The van der Waals surface area contributed by atoms with Gasteiger partial charge in [0.25, 0.3) is 0 Å². The first-order valence-electron chi connectivity index (χ1n) is 14.0. The van der Waals surface area contributed by atoms with Crippen molar-refractivity contribution in [2.24, 2.45) is 0 Å². The summed E-state index contributed by atoms with van der Waals surface area (Å²) in [4.78, 5) is 31.1. The molecule has 0 aliphatic carbocycles. The summed E-state index contributed by atoms with van der Waals surface area (Å²) >= 11 is 0. The number of aromatic nitrogens is 4. The van der Waals surface area contributed by atoms with E-state index in [1.165, 1.54) is 13.2 Å². The Morgan fingerprint density at radius 3 is 2.57 bits per heavy atom. The Balaban J connectivity index is 1.30. The number of anilines is 1. The smallest absolute Gasteiger partial charge is 0.237 e. The lowest BCUT2D eigenvalue weighted by Gasteiger charge is -2.42. The van der Waals surface area contributed by atoms with Crippen LogP contribution < -0.4 is 19.7 Å². The van der Waals surface area contributed by atoms with Gasteiger partial charge in [0.05, 0.1) is 20.3 Å². The first-order valence-corrected chi connectivity index (χ1v) is 14.0. The van der Waals surface area contributed by atoms with Gasteiger partial charge in [0.2, 0.25) is 11.9 Å². The van der Waals surface area contributed by atoms with Crippen LogP contribution >= 0.6 is 0 Å². The number of carbonyl (C=O) groups excluding carboxylic acids is 1. The van der Waals surface area contributed by atoms with E-state index >= 15 is 0 Å². The van der Waals surface area contributed by atoms with E-state index in [1.54, 1.807) is 36.5 Å². The van der Waals surface area contributed by atoms with Crippen molar-refractivity contribution in [3.8, 4) is 17.4 Å². The van der Waals surface area contributed by atoms with Gasteiger partial charge in [-0.1, -0.05) is 18.2 Å². The molecule has 1 aliphatic rings. The zero-order valence-electron chi connectivity index (χ0n) is 24.2. The van der Waals surface area contributed by atoms with Gasteiger partial charge < -0.3 is 19.7 Å². The number of hydrogen-bond acceptors (Lipinski definition) is 8. The quantitative estimate of drug-likeness (QED) is 0.291. The van der Waals surface area contributed by atoms with E-state index in [0.717, 1.165) is 41.4 Å². The highest BCUT2D eigenvalue weighted by Gasteiger charge is 2.30. The first-order chi connectivity index (χ1) is 20.4. The molecule has 2 aromatic carbocycles. The fourth-order valence-corrected chi connectivity index (χ4v) is 5.21. The Hall–Kier alpha value is -4.51. The van der Waals surface area contributed by atoms with Crippen molar-refractivity contribution in [2.75, 3.05) is 45.3 Å². The number of hydrogen-bond donors (Lipinski definition) is 1. The van der Waals surface area contributed by atoms with Crippen molar-refractivity contribution in [3.63, 3.8) is 0 Å². The third kappa shape index (κ3) is 7.22. The van der Waals surface area contributed by atoms with Gasteiger partial charge in [0.1, 0.15) is 17.9 Å². The number of benzene rings is 2. The SMILES string of the molecule is COc1ccc(CCNC(=O)CC2CN(Cc3ccc(OC)c(F)c3)CCN2c2cc(C)nc(-n3ccnc3)n2)cc1. The number of nitrogens with zero attached hydrogens (tertiary/aromatic N) is 6. The van der Waals surface area contributed by atoms with Crippen LogP contribution in [0.4, 0.5) is 10.2 Å². The van der Waals surface area contributed by atoms with Crippen molar-refractivity contribution in [2.45, 2.75) is 32.4 Å². The molecular formula is C31H36FN7O3. The fraction of sp³-hybridized carbons (Fsp3) is 0.355. The second-order valence-corrected chi connectivity index (χ2v) is 10.3. The molecule has 1 amide bonds. The van der Waals surface area contributed by atoms with Crippen molar-refractivity contribution in [1.29, 1.82) is 0 Å². The standard InChI is InChI=1S/C31H36FN7O3/c1-22-16-29(36-31(35-22)38-13-12-33-21-38)39-15-14-37(19-24-6-9-28(42-3)27(32)17-24)20-25(39)18-30(40)34-11-10-23-4-7-26(41-2)8-5-23/h4-9,12-13,16-17,21,25H,10-11,14-15,18-20H2,1-3H3,(H,34,40). The number of aryl methyl sites for hydroxylation is 1. The van der Waals surface area contributed by atoms with Gasteiger partial charge in [0.15, 0.2) is 11.6 Å². The number of rotatable bonds is 11. The van der Waals surface area contributed by atoms with Crippen molar-refractivity contribution >= 4 is 11.7 Å². The Labute approximate surface area is 245 Å². The van der Waals surface area contributed by atoms with Crippen LogP contribution in [0.2, 0.25) is 0 Å². The number of carbonyl (C=O) groups is 1. The van der Waals surface area contributed by atoms with Crippen LogP contribution in [0.3, 0.4) is 0 Å². The largest absolute Gasteiger partial charge is 0.497 e. The van der Waals surface area contributed by atoms with Crippen LogP contribution in [0.5, 0.6) is 11.5 Å². The second kappa shape index (κ2) is 13.4. The molecule has 1 unspecified atom stereocenters. The number of amides is 1. The van der Waals surface area contributed by atoms with Crippen LogP contribution in [-0.2, 0) is 17.8 Å². The summed E-state index contributed by atoms with van der Waals surface area (Å²) in [5.41, 5.74) is 2.80. The fourth-order valence-electron chi connectivity index (χ4n) is 5.21. The highest BCUT2D eigenvalue weighted by molar-refractivity contribution is 5.77. The summed E-state index contributed by atoms with van der Waals surface area (Å²) in [6.07, 6.45) is 6.17. The monoisotopic (exact) mass is 573 g/mol. The van der Waals surface area contributed by atoms with Crippen LogP contribution in [0, 0.1) is 12.7 Å². The molecule has 0 spiro atoms. The van der Waals surface area contributed by atoms with Gasteiger partial charge in [0, 0.05) is 63.3 Å². The van der Waals surface area contributed by atoms with E-state index in [4.69, 9.17) is 14.5 Å². The minimum atomic E-state index is -0.384. The lowest BCUT2D eigenvalue weighted by atomic mass is 10.1. The second-order valence-electron chi connectivity index (χ2n) is 10.3. The van der Waals surface area contributed by atoms with Gasteiger partial charge in [-0.2, -0.15) is 4.98 Å². The average molecular weight is 574 g/mol. The average Bonchev–Trinajstić information content (AvgIpc) is 3.53. The molecule has 42 heavy (non-hydrogen) atoms. The van der Waals surface area contributed by atoms with Crippen molar-refractivity contribution in [1.82, 2.24) is 29.7 Å². The maximum atomic E-state index is 14.4. The van der Waals surface area contributed by atoms with E-state index < -0.39 is 0 Å². The zero-order valence-corrected chi connectivity index (χ0v) is 24.2. The molecule has 3 heterocycles. The Kier molecular flexibility index (Phi) is 9.28. The summed E-state index contributed by atoms with van der Waals surface area (Å²) in [7, 11) is 3.10. The maximum absolute atomic E-state index is 14.4. The molecule has 1 fully saturated rings. The van der Waals surface area contributed by atoms with E-state index in [-0.39, 0.29) is 23.5 Å². The summed E-state index contributed by atoms with van der Waals surface area (Å²) in [5, 5.41) is 3.08. The molecule has 220 valence electrons. The summed E-state index contributed by atoms with van der Waals surface area (Å²) in [5.74, 6) is 1.90. The molecule has 10 nitrogen and oxygen atoms in total. The van der Waals surface area contributed by atoms with E-state index in [0.29, 0.717) is 38.5 Å². The van der Waals surface area contributed by atoms with Gasteiger partial charge in [-0.3, -0.25) is 14.3 Å². The zero-order chi connectivity index (χ0) is 29.5. The van der Waals surface area contributed by atoms with Crippen molar-refractivity contribution < 1.29 is 18.7 Å². The van der Waals surface area contributed by atoms with Crippen LogP contribution in [0.15, 0.2) is 67.3 Å². The molecule has 11 heteroatoms. The third-order valence-electron chi connectivity index (χ3n) is 7.36. The number of nitrogens with one attached hydrogen (secondary N) is 1. The predicted octanol–water partition coefficient (Wildman–Crippen LogP) is 3.57. The molecular weight excluding hydrogens is 537 g/mol. The highest BCUT2D eigenvalue weighted by Crippen LogP contribution is 2.25. The number of piperazine rings is 1. The molecule has 1 atom stereocenters. The number of methoxy groups -OCH3 is 2. The molecule has 4 aromatic rings. The minimum absolute atomic E-state index is 0.0311.